The van der Waals surface area contributed by atoms with Crippen LogP contribution >= 0.6 is 0 Å². The number of nitrogens with zero attached hydrogens (tertiary/aromatic N) is 2. The van der Waals surface area contributed by atoms with Crippen LogP contribution in [0.1, 0.15) is 29.3 Å². The highest BCUT2D eigenvalue weighted by atomic mass is 16.1. The standard InChI is InChI=1S/C16H22N4O/c1-3-8-17-15-6-4-14(5-7-15)16(21)18-9-10-20-12-13(2)11-19-20/h4-7,11-12,17H,3,8-10H2,1-2H3,(H,18,21). The van der Waals surface area contributed by atoms with Gasteiger partial charge in [0, 0.05) is 30.5 Å². The lowest BCUT2D eigenvalue weighted by Crippen LogP contribution is -2.27. The fourth-order valence-corrected chi connectivity index (χ4v) is 1.98. The van der Waals surface area contributed by atoms with Gasteiger partial charge in [-0.1, -0.05) is 6.92 Å². The van der Waals surface area contributed by atoms with Crippen LogP contribution < -0.4 is 10.6 Å². The molecule has 5 heteroatoms. The smallest absolute Gasteiger partial charge is 0.251 e. The summed E-state index contributed by atoms with van der Waals surface area (Å²) in [5.41, 5.74) is 2.84. The first-order chi connectivity index (χ1) is 10.2. The SMILES string of the molecule is CCCNc1ccc(C(=O)NCCn2cc(C)cn2)cc1. The minimum Gasteiger partial charge on any atom is -0.385 e. The minimum absolute atomic E-state index is 0.0547. The average Bonchev–Trinajstić information content (AvgIpc) is 2.91. The molecule has 0 atom stereocenters. The van der Waals surface area contributed by atoms with Crippen LogP contribution in [-0.4, -0.2) is 28.8 Å². The van der Waals surface area contributed by atoms with E-state index in [0.717, 1.165) is 24.2 Å². The maximum atomic E-state index is 12.0. The first kappa shape index (κ1) is 15.1. The zero-order valence-corrected chi connectivity index (χ0v) is 12.6. The van der Waals surface area contributed by atoms with Crippen LogP contribution in [0, 0.1) is 6.92 Å². The van der Waals surface area contributed by atoms with E-state index in [4.69, 9.17) is 0 Å². The number of carbonyl (C=O) groups is 1. The first-order valence-corrected chi connectivity index (χ1v) is 7.30. The van der Waals surface area contributed by atoms with E-state index >= 15 is 0 Å². The number of anilines is 1. The number of aromatic nitrogens is 2. The Bertz CT molecular complexity index is 574. The Morgan fingerprint density at radius 1 is 1.24 bits per heavy atom. The molecule has 0 fully saturated rings. The zero-order valence-electron chi connectivity index (χ0n) is 12.6. The van der Waals surface area contributed by atoms with Gasteiger partial charge in [-0.15, -0.1) is 0 Å². The van der Waals surface area contributed by atoms with Crippen molar-refractivity contribution in [1.29, 1.82) is 0 Å². The monoisotopic (exact) mass is 286 g/mol. The third kappa shape index (κ3) is 4.63. The summed E-state index contributed by atoms with van der Waals surface area (Å²) in [6.07, 6.45) is 4.85. The lowest BCUT2D eigenvalue weighted by molar-refractivity contribution is 0.0952. The number of carbonyl (C=O) groups excluding carboxylic acids is 1. The van der Waals surface area contributed by atoms with Crippen molar-refractivity contribution in [2.45, 2.75) is 26.8 Å². The van der Waals surface area contributed by atoms with Crippen molar-refractivity contribution < 1.29 is 4.79 Å². The van der Waals surface area contributed by atoms with E-state index in [0.29, 0.717) is 18.7 Å². The molecule has 21 heavy (non-hydrogen) atoms. The second-order valence-electron chi connectivity index (χ2n) is 5.04. The van der Waals surface area contributed by atoms with Gasteiger partial charge in [0.1, 0.15) is 0 Å². The van der Waals surface area contributed by atoms with Gasteiger partial charge in [-0.25, -0.2) is 0 Å². The predicted molar refractivity (Wildman–Crippen MR) is 84.5 cm³/mol. The largest absolute Gasteiger partial charge is 0.385 e. The molecule has 0 spiro atoms. The quantitative estimate of drug-likeness (QED) is 0.822. The summed E-state index contributed by atoms with van der Waals surface area (Å²) in [5.74, 6) is -0.0547. The zero-order chi connectivity index (χ0) is 15.1. The van der Waals surface area contributed by atoms with Gasteiger partial charge in [-0.05, 0) is 43.2 Å². The number of amides is 1. The van der Waals surface area contributed by atoms with Crippen LogP contribution in [0.15, 0.2) is 36.7 Å². The number of benzene rings is 1. The summed E-state index contributed by atoms with van der Waals surface area (Å²) in [5, 5.41) is 10.4. The van der Waals surface area contributed by atoms with E-state index in [1.165, 1.54) is 0 Å². The molecular weight excluding hydrogens is 264 g/mol. The van der Waals surface area contributed by atoms with E-state index in [1.54, 1.807) is 0 Å². The summed E-state index contributed by atoms with van der Waals surface area (Å²) in [6, 6.07) is 7.54. The maximum Gasteiger partial charge on any atom is 0.251 e. The van der Waals surface area contributed by atoms with Crippen LogP contribution in [0.2, 0.25) is 0 Å². The molecule has 5 nitrogen and oxygen atoms in total. The highest BCUT2D eigenvalue weighted by Gasteiger charge is 2.04. The van der Waals surface area contributed by atoms with Crippen LogP contribution in [0.25, 0.3) is 0 Å². The second kappa shape index (κ2) is 7.47. The van der Waals surface area contributed by atoms with Crippen LogP contribution in [0.3, 0.4) is 0 Å². The molecule has 0 radical (unpaired) electrons. The van der Waals surface area contributed by atoms with E-state index in [-0.39, 0.29) is 5.91 Å². The minimum atomic E-state index is -0.0547. The Balaban J connectivity index is 1.79. The molecule has 0 bridgehead atoms. The molecule has 0 saturated heterocycles. The van der Waals surface area contributed by atoms with E-state index in [1.807, 2.05) is 48.3 Å². The van der Waals surface area contributed by atoms with Crippen LogP contribution in [0.4, 0.5) is 5.69 Å². The van der Waals surface area contributed by atoms with E-state index in [9.17, 15) is 4.79 Å². The Hall–Kier alpha value is -2.30. The highest BCUT2D eigenvalue weighted by molar-refractivity contribution is 5.94. The van der Waals surface area contributed by atoms with Gasteiger partial charge in [0.25, 0.3) is 5.91 Å². The summed E-state index contributed by atoms with van der Waals surface area (Å²) in [4.78, 5) is 12.0. The molecule has 0 saturated carbocycles. The van der Waals surface area contributed by atoms with Gasteiger partial charge < -0.3 is 10.6 Å². The van der Waals surface area contributed by atoms with E-state index in [2.05, 4.69) is 22.7 Å². The van der Waals surface area contributed by atoms with Crippen LogP contribution in [-0.2, 0) is 6.54 Å². The van der Waals surface area contributed by atoms with Crippen molar-refractivity contribution in [3.05, 3.63) is 47.8 Å². The number of rotatable bonds is 7. The van der Waals surface area contributed by atoms with Crippen molar-refractivity contribution in [2.75, 3.05) is 18.4 Å². The van der Waals surface area contributed by atoms with Crippen molar-refractivity contribution >= 4 is 11.6 Å². The first-order valence-electron chi connectivity index (χ1n) is 7.30. The van der Waals surface area contributed by atoms with Crippen LogP contribution in [0.5, 0.6) is 0 Å². The molecule has 1 heterocycles. The molecule has 1 aromatic carbocycles. The second-order valence-corrected chi connectivity index (χ2v) is 5.04. The van der Waals surface area contributed by atoms with Gasteiger partial charge in [0.2, 0.25) is 0 Å². The Morgan fingerprint density at radius 2 is 2.00 bits per heavy atom. The Labute approximate surface area is 125 Å². The molecule has 1 amide bonds. The maximum absolute atomic E-state index is 12.0. The fourth-order valence-electron chi connectivity index (χ4n) is 1.98. The predicted octanol–water partition coefficient (Wildman–Crippen LogP) is 2.44. The molecule has 0 unspecified atom stereocenters. The summed E-state index contributed by atoms with van der Waals surface area (Å²) < 4.78 is 1.83. The van der Waals surface area contributed by atoms with E-state index < -0.39 is 0 Å². The van der Waals surface area contributed by atoms with Gasteiger partial charge in [0.15, 0.2) is 0 Å². The molecule has 0 aliphatic rings. The topological polar surface area (TPSA) is 59.0 Å². The molecule has 0 aliphatic carbocycles. The summed E-state index contributed by atoms with van der Waals surface area (Å²) in [6.45, 7) is 6.30. The summed E-state index contributed by atoms with van der Waals surface area (Å²) in [7, 11) is 0. The molecular formula is C16H22N4O. The number of hydrogen-bond acceptors (Lipinski definition) is 3. The van der Waals surface area contributed by atoms with Gasteiger partial charge in [-0.2, -0.15) is 5.10 Å². The third-order valence-electron chi connectivity index (χ3n) is 3.12. The van der Waals surface area contributed by atoms with Crippen molar-refractivity contribution in [3.63, 3.8) is 0 Å². The van der Waals surface area contributed by atoms with Gasteiger partial charge in [-0.3, -0.25) is 9.48 Å². The Morgan fingerprint density at radius 3 is 2.62 bits per heavy atom. The van der Waals surface area contributed by atoms with Crippen molar-refractivity contribution in [3.8, 4) is 0 Å². The van der Waals surface area contributed by atoms with Gasteiger partial charge in [0.05, 0.1) is 12.7 Å². The lowest BCUT2D eigenvalue weighted by Gasteiger charge is -2.07. The molecule has 1 aromatic heterocycles. The molecule has 2 rings (SSSR count). The molecule has 2 N–H and O–H groups in total. The average molecular weight is 286 g/mol. The molecule has 2 aromatic rings. The van der Waals surface area contributed by atoms with Crippen molar-refractivity contribution in [1.82, 2.24) is 15.1 Å². The van der Waals surface area contributed by atoms with Crippen molar-refractivity contribution in [2.24, 2.45) is 0 Å². The number of nitrogens with one attached hydrogen (secondary N) is 2. The highest BCUT2D eigenvalue weighted by Crippen LogP contribution is 2.09. The Kier molecular flexibility index (Phi) is 5.37. The molecule has 0 aliphatic heterocycles. The lowest BCUT2D eigenvalue weighted by atomic mass is 10.2. The number of hydrogen-bond donors (Lipinski definition) is 2. The number of aryl methyl sites for hydroxylation is 1. The van der Waals surface area contributed by atoms with Gasteiger partial charge >= 0.3 is 0 Å². The third-order valence-corrected chi connectivity index (χ3v) is 3.12. The summed E-state index contributed by atoms with van der Waals surface area (Å²) >= 11 is 0. The molecule has 112 valence electrons. The fraction of sp³-hybridized carbons (Fsp3) is 0.375. The normalized spacial score (nSPS) is 10.4.